The van der Waals surface area contributed by atoms with Crippen LogP contribution in [-0.4, -0.2) is 16.1 Å². The Morgan fingerprint density at radius 3 is 3.00 bits per heavy atom. The lowest BCUT2D eigenvalue weighted by atomic mass is 10.3. The minimum absolute atomic E-state index is 0.161. The minimum atomic E-state index is -0.161. The predicted molar refractivity (Wildman–Crippen MR) is 49.1 cm³/mol. The standard InChI is InChI=1S/C7H13N5/c1-4(8)6-7(11-3-10-6)12-5(2)9/h3,5,12H,1,8-9H2,2H3,(H,10,11). The maximum Gasteiger partial charge on any atom is 0.154 e. The van der Waals surface area contributed by atoms with Gasteiger partial charge in [-0.05, 0) is 6.92 Å². The van der Waals surface area contributed by atoms with Crippen molar-refractivity contribution >= 4 is 11.5 Å². The van der Waals surface area contributed by atoms with E-state index < -0.39 is 0 Å². The van der Waals surface area contributed by atoms with Crippen LogP contribution in [0.2, 0.25) is 0 Å². The number of aromatic nitrogens is 2. The maximum atomic E-state index is 5.52. The van der Waals surface area contributed by atoms with E-state index in [-0.39, 0.29) is 6.17 Å². The van der Waals surface area contributed by atoms with E-state index in [1.165, 1.54) is 6.33 Å². The number of nitrogens with two attached hydrogens (primary N) is 2. The van der Waals surface area contributed by atoms with E-state index in [1.54, 1.807) is 0 Å². The zero-order valence-electron chi connectivity index (χ0n) is 6.96. The average Bonchev–Trinajstić information content (AvgIpc) is 2.33. The summed E-state index contributed by atoms with van der Waals surface area (Å²) in [4.78, 5) is 6.85. The Morgan fingerprint density at radius 2 is 2.50 bits per heavy atom. The van der Waals surface area contributed by atoms with E-state index in [0.29, 0.717) is 17.2 Å². The van der Waals surface area contributed by atoms with Crippen molar-refractivity contribution in [2.75, 3.05) is 5.32 Å². The zero-order valence-corrected chi connectivity index (χ0v) is 6.96. The van der Waals surface area contributed by atoms with Gasteiger partial charge in [0.1, 0.15) is 5.69 Å². The molecular formula is C7H13N5. The van der Waals surface area contributed by atoms with Gasteiger partial charge in [-0.25, -0.2) is 4.98 Å². The third-order valence-corrected chi connectivity index (χ3v) is 1.32. The van der Waals surface area contributed by atoms with Gasteiger partial charge in [-0.3, -0.25) is 0 Å². The molecule has 1 unspecified atom stereocenters. The summed E-state index contributed by atoms with van der Waals surface area (Å²) in [6.07, 6.45) is 1.38. The van der Waals surface area contributed by atoms with Gasteiger partial charge in [0, 0.05) is 0 Å². The van der Waals surface area contributed by atoms with E-state index >= 15 is 0 Å². The summed E-state index contributed by atoms with van der Waals surface area (Å²) in [5, 5.41) is 2.93. The van der Waals surface area contributed by atoms with Gasteiger partial charge >= 0.3 is 0 Å². The van der Waals surface area contributed by atoms with Gasteiger partial charge in [0.25, 0.3) is 0 Å². The molecule has 0 saturated carbocycles. The summed E-state index contributed by atoms with van der Waals surface area (Å²) < 4.78 is 0. The lowest BCUT2D eigenvalue weighted by Crippen LogP contribution is -2.26. The summed E-state index contributed by atoms with van der Waals surface area (Å²) in [5.74, 6) is 0.637. The molecule has 1 atom stereocenters. The van der Waals surface area contributed by atoms with Crippen molar-refractivity contribution in [2.45, 2.75) is 13.1 Å². The topological polar surface area (TPSA) is 92.8 Å². The second-order valence-corrected chi connectivity index (χ2v) is 2.58. The van der Waals surface area contributed by atoms with Gasteiger partial charge in [0.05, 0.1) is 18.2 Å². The summed E-state index contributed by atoms with van der Waals surface area (Å²) >= 11 is 0. The van der Waals surface area contributed by atoms with Gasteiger partial charge in [0.2, 0.25) is 0 Å². The second kappa shape index (κ2) is 3.27. The molecule has 0 amide bonds. The van der Waals surface area contributed by atoms with Crippen LogP contribution < -0.4 is 16.8 Å². The molecule has 5 nitrogen and oxygen atoms in total. The van der Waals surface area contributed by atoms with Crippen LogP contribution in [0.5, 0.6) is 0 Å². The Bertz CT molecular complexity index is 275. The number of nitrogens with zero attached hydrogens (tertiary/aromatic N) is 1. The Balaban J connectivity index is 2.84. The predicted octanol–water partition coefficient (Wildman–Crippen LogP) is 0.0557. The largest absolute Gasteiger partial charge is 0.397 e. The minimum Gasteiger partial charge on any atom is -0.397 e. The van der Waals surface area contributed by atoms with Crippen LogP contribution in [0.15, 0.2) is 12.9 Å². The molecule has 5 heteroatoms. The van der Waals surface area contributed by atoms with Crippen molar-refractivity contribution < 1.29 is 0 Å². The Labute approximate surface area is 70.9 Å². The van der Waals surface area contributed by atoms with Gasteiger partial charge in [0.15, 0.2) is 5.82 Å². The normalized spacial score (nSPS) is 12.5. The smallest absolute Gasteiger partial charge is 0.154 e. The quantitative estimate of drug-likeness (QED) is 0.479. The lowest BCUT2D eigenvalue weighted by Gasteiger charge is -2.08. The van der Waals surface area contributed by atoms with Gasteiger partial charge in [-0.2, -0.15) is 0 Å². The number of nitrogens with one attached hydrogen (secondary N) is 2. The summed E-state index contributed by atoms with van der Waals surface area (Å²) in [6.45, 7) is 5.41. The number of rotatable bonds is 3. The number of H-pyrrole nitrogens is 1. The summed E-state index contributed by atoms with van der Waals surface area (Å²) in [7, 11) is 0. The zero-order chi connectivity index (χ0) is 9.14. The highest BCUT2D eigenvalue weighted by Crippen LogP contribution is 2.13. The fourth-order valence-electron chi connectivity index (χ4n) is 0.864. The van der Waals surface area contributed by atoms with Crippen molar-refractivity contribution in [2.24, 2.45) is 11.5 Å². The van der Waals surface area contributed by atoms with Crippen LogP contribution >= 0.6 is 0 Å². The molecular weight excluding hydrogens is 154 g/mol. The first kappa shape index (κ1) is 8.61. The molecule has 0 saturated heterocycles. The summed E-state index contributed by atoms with van der Waals surface area (Å²) in [6, 6.07) is 0. The number of aromatic amines is 1. The fourth-order valence-corrected chi connectivity index (χ4v) is 0.864. The van der Waals surface area contributed by atoms with Crippen molar-refractivity contribution in [1.29, 1.82) is 0 Å². The Kier molecular flexibility index (Phi) is 2.35. The highest BCUT2D eigenvalue weighted by atomic mass is 15.1. The molecule has 0 spiro atoms. The molecule has 66 valence electrons. The van der Waals surface area contributed by atoms with E-state index in [2.05, 4.69) is 21.9 Å². The number of hydrogen-bond acceptors (Lipinski definition) is 4. The van der Waals surface area contributed by atoms with Crippen LogP contribution in [0.4, 0.5) is 5.82 Å². The molecule has 6 N–H and O–H groups in total. The summed E-state index contributed by atoms with van der Waals surface area (Å²) in [5.41, 5.74) is 12.1. The molecule has 1 rings (SSSR count). The van der Waals surface area contributed by atoms with Crippen LogP contribution in [0, 0.1) is 0 Å². The number of hydrogen-bond donors (Lipinski definition) is 4. The van der Waals surface area contributed by atoms with Crippen molar-refractivity contribution in [3.63, 3.8) is 0 Å². The first-order chi connectivity index (χ1) is 5.61. The second-order valence-electron chi connectivity index (χ2n) is 2.58. The molecule has 1 heterocycles. The fraction of sp³-hybridized carbons (Fsp3) is 0.286. The van der Waals surface area contributed by atoms with E-state index in [0.717, 1.165) is 0 Å². The number of imidazole rings is 1. The van der Waals surface area contributed by atoms with Crippen LogP contribution in [0.3, 0.4) is 0 Å². The average molecular weight is 167 g/mol. The SMILES string of the molecule is C=C(N)c1[nH]cnc1NC(C)N. The third-order valence-electron chi connectivity index (χ3n) is 1.32. The Morgan fingerprint density at radius 1 is 1.83 bits per heavy atom. The highest BCUT2D eigenvalue weighted by molar-refractivity contribution is 5.67. The number of anilines is 1. The van der Waals surface area contributed by atoms with Gasteiger partial charge in [-0.15, -0.1) is 0 Å². The molecule has 0 aliphatic rings. The highest BCUT2D eigenvalue weighted by Gasteiger charge is 2.06. The van der Waals surface area contributed by atoms with Crippen molar-refractivity contribution in [3.05, 3.63) is 18.6 Å². The lowest BCUT2D eigenvalue weighted by molar-refractivity contribution is 0.844. The molecule has 0 aliphatic carbocycles. The van der Waals surface area contributed by atoms with E-state index in [4.69, 9.17) is 11.5 Å². The van der Waals surface area contributed by atoms with Crippen molar-refractivity contribution in [1.82, 2.24) is 9.97 Å². The molecule has 1 aromatic rings. The van der Waals surface area contributed by atoms with Gasteiger partial charge in [-0.1, -0.05) is 6.58 Å². The molecule has 0 aromatic carbocycles. The molecule has 12 heavy (non-hydrogen) atoms. The molecule has 0 radical (unpaired) electrons. The first-order valence-electron chi connectivity index (χ1n) is 3.61. The third kappa shape index (κ3) is 1.76. The van der Waals surface area contributed by atoms with Crippen LogP contribution in [0.25, 0.3) is 5.70 Å². The van der Waals surface area contributed by atoms with Crippen LogP contribution in [-0.2, 0) is 0 Å². The molecule has 0 aliphatic heterocycles. The van der Waals surface area contributed by atoms with Crippen molar-refractivity contribution in [3.8, 4) is 0 Å². The molecule has 0 fully saturated rings. The first-order valence-corrected chi connectivity index (χ1v) is 3.61. The molecule has 0 bridgehead atoms. The maximum absolute atomic E-state index is 5.52. The van der Waals surface area contributed by atoms with E-state index in [1.807, 2.05) is 6.92 Å². The monoisotopic (exact) mass is 167 g/mol. The molecule has 1 aromatic heterocycles. The van der Waals surface area contributed by atoms with Crippen LogP contribution in [0.1, 0.15) is 12.6 Å². The van der Waals surface area contributed by atoms with E-state index in [9.17, 15) is 0 Å². The Hall–Kier alpha value is -1.49. The van der Waals surface area contributed by atoms with Gasteiger partial charge < -0.3 is 21.8 Å².